The van der Waals surface area contributed by atoms with Crippen molar-refractivity contribution in [1.29, 1.82) is 0 Å². The van der Waals surface area contributed by atoms with Crippen molar-refractivity contribution < 1.29 is 23.2 Å². The van der Waals surface area contributed by atoms with E-state index in [0.717, 1.165) is 5.56 Å². The molecule has 1 aliphatic heterocycles. The van der Waals surface area contributed by atoms with E-state index < -0.39 is 6.04 Å². The number of rotatable bonds is 3. The van der Waals surface area contributed by atoms with Crippen LogP contribution in [0.25, 0.3) is 0 Å². The molecule has 144 valence electrons. The first-order valence-electron chi connectivity index (χ1n) is 8.71. The molecule has 1 aliphatic rings. The number of nitrogens with zero attached hydrogens (tertiary/aromatic N) is 3. The van der Waals surface area contributed by atoms with Crippen molar-refractivity contribution >= 4 is 17.7 Å². The van der Waals surface area contributed by atoms with E-state index in [4.69, 9.17) is 8.83 Å². The highest BCUT2D eigenvalue weighted by atomic mass is 16.3. The fraction of sp³-hybridized carbons (Fsp3) is 0.421. The summed E-state index contributed by atoms with van der Waals surface area (Å²) in [5, 5.41) is 0. The minimum absolute atomic E-state index is 0.0987. The van der Waals surface area contributed by atoms with Gasteiger partial charge in [0.25, 0.3) is 11.8 Å². The molecule has 0 spiro atoms. The van der Waals surface area contributed by atoms with Crippen LogP contribution in [0.3, 0.4) is 0 Å². The normalized spacial score (nSPS) is 17.1. The zero-order valence-electron chi connectivity index (χ0n) is 15.9. The lowest BCUT2D eigenvalue weighted by Gasteiger charge is -2.40. The van der Waals surface area contributed by atoms with Gasteiger partial charge in [-0.05, 0) is 26.0 Å². The highest BCUT2D eigenvalue weighted by Gasteiger charge is 2.40. The first-order valence-corrected chi connectivity index (χ1v) is 8.71. The number of piperazine rings is 1. The summed E-state index contributed by atoms with van der Waals surface area (Å²) in [4.78, 5) is 42.9. The van der Waals surface area contributed by atoms with Crippen molar-refractivity contribution in [1.82, 2.24) is 14.7 Å². The van der Waals surface area contributed by atoms with Crippen molar-refractivity contribution in [2.75, 3.05) is 33.7 Å². The van der Waals surface area contributed by atoms with E-state index in [1.54, 1.807) is 45.0 Å². The standard InChI is InChI=1S/C19H23N3O5/c1-12-5-9-26-15(12)18(24)21-7-8-22(14(11-21)17(23)20(3)4)19(25)16-13(2)6-10-27-16/h5-6,9-10,14H,7-8,11H2,1-4H3. The molecule has 1 unspecified atom stereocenters. The largest absolute Gasteiger partial charge is 0.459 e. The second-order valence-corrected chi connectivity index (χ2v) is 6.86. The predicted octanol–water partition coefficient (Wildman–Crippen LogP) is 1.54. The van der Waals surface area contributed by atoms with Crippen LogP contribution in [0.5, 0.6) is 0 Å². The van der Waals surface area contributed by atoms with E-state index in [9.17, 15) is 14.4 Å². The predicted molar refractivity (Wildman–Crippen MR) is 96.3 cm³/mol. The third-order valence-electron chi connectivity index (χ3n) is 4.77. The Morgan fingerprint density at radius 2 is 1.52 bits per heavy atom. The monoisotopic (exact) mass is 373 g/mol. The number of furan rings is 2. The SMILES string of the molecule is Cc1ccoc1C(=O)N1CCN(C(=O)c2occc2C)C(C(=O)N(C)C)C1. The molecule has 2 aromatic rings. The van der Waals surface area contributed by atoms with Gasteiger partial charge >= 0.3 is 0 Å². The lowest BCUT2D eigenvalue weighted by atomic mass is 10.1. The maximum Gasteiger partial charge on any atom is 0.290 e. The van der Waals surface area contributed by atoms with Crippen LogP contribution in [0, 0.1) is 13.8 Å². The Balaban J connectivity index is 1.86. The fourth-order valence-corrected chi connectivity index (χ4v) is 3.18. The van der Waals surface area contributed by atoms with Crippen molar-refractivity contribution in [3.8, 4) is 0 Å². The molecule has 0 saturated carbocycles. The zero-order chi connectivity index (χ0) is 19.7. The molecule has 3 amide bonds. The lowest BCUT2D eigenvalue weighted by Crippen LogP contribution is -2.61. The molecule has 3 rings (SSSR count). The molecule has 8 heteroatoms. The number of hydrogen-bond acceptors (Lipinski definition) is 5. The number of amides is 3. The molecule has 0 radical (unpaired) electrons. The Morgan fingerprint density at radius 1 is 0.963 bits per heavy atom. The molecule has 1 atom stereocenters. The molecular formula is C19H23N3O5. The van der Waals surface area contributed by atoms with Gasteiger partial charge in [0.05, 0.1) is 19.1 Å². The highest BCUT2D eigenvalue weighted by Crippen LogP contribution is 2.21. The van der Waals surface area contributed by atoms with Crippen LogP contribution in [0.15, 0.2) is 33.5 Å². The Morgan fingerprint density at radius 3 is 2.00 bits per heavy atom. The van der Waals surface area contributed by atoms with Gasteiger partial charge in [0.2, 0.25) is 5.91 Å². The van der Waals surface area contributed by atoms with E-state index in [-0.39, 0.29) is 42.3 Å². The van der Waals surface area contributed by atoms with Gasteiger partial charge in [-0.25, -0.2) is 0 Å². The molecule has 0 N–H and O–H groups in total. The number of aryl methyl sites for hydroxylation is 2. The molecule has 2 aromatic heterocycles. The summed E-state index contributed by atoms with van der Waals surface area (Å²) in [5.41, 5.74) is 1.45. The van der Waals surface area contributed by atoms with Crippen molar-refractivity contribution in [2.24, 2.45) is 0 Å². The molecule has 27 heavy (non-hydrogen) atoms. The quantitative estimate of drug-likeness (QED) is 0.815. The number of carbonyl (C=O) groups excluding carboxylic acids is 3. The minimum Gasteiger partial charge on any atom is -0.459 e. The van der Waals surface area contributed by atoms with E-state index >= 15 is 0 Å². The molecule has 0 bridgehead atoms. The maximum atomic E-state index is 12.9. The van der Waals surface area contributed by atoms with Gasteiger partial charge in [-0.1, -0.05) is 0 Å². The van der Waals surface area contributed by atoms with Gasteiger partial charge in [0.1, 0.15) is 6.04 Å². The van der Waals surface area contributed by atoms with E-state index in [2.05, 4.69) is 0 Å². The van der Waals surface area contributed by atoms with Crippen molar-refractivity contribution in [3.05, 3.63) is 47.3 Å². The summed E-state index contributed by atoms with van der Waals surface area (Å²) in [7, 11) is 3.25. The van der Waals surface area contributed by atoms with Crippen LogP contribution in [0.2, 0.25) is 0 Å². The van der Waals surface area contributed by atoms with Crippen LogP contribution >= 0.6 is 0 Å². The Hall–Kier alpha value is -3.03. The first-order chi connectivity index (χ1) is 12.8. The summed E-state index contributed by atoms with van der Waals surface area (Å²) < 4.78 is 10.6. The Labute approximate surface area is 157 Å². The Kier molecular flexibility index (Phi) is 5.07. The summed E-state index contributed by atoms with van der Waals surface area (Å²) >= 11 is 0. The van der Waals surface area contributed by atoms with Crippen LogP contribution < -0.4 is 0 Å². The van der Waals surface area contributed by atoms with Crippen LogP contribution in [0.1, 0.15) is 32.2 Å². The number of carbonyl (C=O) groups is 3. The third kappa shape index (κ3) is 3.47. The topological polar surface area (TPSA) is 87.2 Å². The van der Waals surface area contributed by atoms with Gasteiger partial charge in [0.15, 0.2) is 11.5 Å². The van der Waals surface area contributed by atoms with E-state index in [1.807, 2.05) is 0 Å². The van der Waals surface area contributed by atoms with Crippen LogP contribution in [0.4, 0.5) is 0 Å². The zero-order valence-corrected chi connectivity index (χ0v) is 15.9. The molecule has 3 heterocycles. The summed E-state index contributed by atoms with van der Waals surface area (Å²) in [5.74, 6) is -0.406. The molecular weight excluding hydrogens is 350 g/mol. The average Bonchev–Trinajstić information content (AvgIpc) is 3.27. The first kappa shape index (κ1) is 18.8. The van der Waals surface area contributed by atoms with E-state index in [1.165, 1.54) is 22.3 Å². The van der Waals surface area contributed by atoms with Gasteiger partial charge in [-0.3, -0.25) is 14.4 Å². The van der Waals surface area contributed by atoms with Crippen LogP contribution in [-0.4, -0.2) is 72.2 Å². The van der Waals surface area contributed by atoms with Crippen molar-refractivity contribution in [2.45, 2.75) is 19.9 Å². The van der Waals surface area contributed by atoms with Gasteiger partial charge in [-0.2, -0.15) is 0 Å². The molecule has 0 aromatic carbocycles. The summed E-state index contributed by atoms with van der Waals surface area (Å²) in [6, 6.07) is 2.63. The summed E-state index contributed by atoms with van der Waals surface area (Å²) in [6.07, 6.45) is 2.91. The second-order valence-electron chi connectivity index (χ2n) is 6.86. The smallest absolute Gasteiger partial charge is 0.290 e. The molecule has 1 fully saturated rings. The van der Waals surface area contributed by atoms with Gasteiger partial charge < -0.3 is 23.5 Å². The molecule has 8 nitrogen and oxygen atoms in total. The number of likely N-dealkylation sites (N-methyl/N-ethyl adjacent to an activating group) is 1. The third-order valence-corrected chi connectivity index (χ3v) is 4.77. The van der Waals surface area contributed by atoms with Gasteiger partial charge in [0, 0.05) is 38.3 Å². The van der Waals surface area contributed by atoms with E-state index in [0.29, 0.717) is 12.1 Å². The second kappa shape index (κ2) is 7.30. The Bertz CT molecular complexity index is 866. The van der Waals surface area contributed by atoms with Crippen LogP contribution in [-0.2, 0) is 4.79 Å². The molecule has 1 saturated heterocycles. The number of hydrogen-bond donors (Lipinski definition) is 0. The lowest BCUT2D eigenvalue weighted by molar-refractivity contribution is -0.135. The fourth-order valence-electron chi connectivity index (χ4n) is 3.18. The molecule has 0 aliphatic carbocycles. The van der Waals surface area contributed by atoms with Crippen molar-refractivity contribution in [3.63, 3.8) is 0 Å². The van der Waals surface area contributed by atoms with Gasteiger partial charge in [-0.15, -0.1) is 0 Å². The average molecular weight is 373 g/mol. The minimum atomic E-state index is -0.787. The highest BCUT2D eigenvalue weighted by molar-refractivity contribution is 5.98. The summed E-state index contributed by atoms with van der Waals surface area (Å²) in [6.45, 7) is 4.20. The maximum absolute atomic E-state index is 12.9.